The number of nitrogens with zero attached hydrogens (tertiary/aromatic N) is 2. The summed E-state index contributed by atoms with van der Waals surface area (Å²) < 4.78 is 5.89. The summed E-state index contributed by atoms with van der Waals surface area (Å²) in [6.45, 7) is 2.37. The van der Waals surface area contributed by atoms with E-state index < -0.39 is 18.0 Å². The highest BCUT2D eigenvalue weighted by molar-refractivity contribution is 6.00. The number of aryl methyl sites for hydroxylation is 1. The maximum Gasteiger partial charge on any atom is 0.405 e. The molecular weight excluding hydrogens is 426 g/mol. The molecule has 1 aliphatic heterocycles. The number of carboxylic acid groups (broad SMARTS) is 1. The van der Waals surface area contributed by atoms with Gasteiger partial charge in [0.1, 0.15) is 17.4 Å². The van der Waals surface area contributed by atoms with E-state index in [0.29, 0.717) is 17.8 Å². The number of furan rings is 1. The Balaban J connectivity index is 1.43. The molecule has 1 atom stereocenters. The fourth-order valence-electron chi connectivity index (χ4n) is 3.54. The van der Waals surface area contributed by atoms with Gasteiger partial charge in [-0.05, 0) is 30.7 Å². The maximum atomic E-state index is 12.6. The normalized spacial score (nSPS) is 15.5. The first-order chi connectivity index (χ1) is 15.8. The number of para-hydroxylation sites is 1. The second kappa shape index (κ2) is 9.03. The van der Waals surface area contributed by atoms with E-state index in [1.54, 1.807) is 24.1 Å². The molecule has 170 valence electrons. The van der Waals surface area contributed by atoms with Crippen molar-refractivity contribution < 1.29 is 23.9 Å². The fraction of sp³-hybridized carbons (Fsp3) is 0.217. The van der Waals surface area contributed by atoms with Crippen molar-refractivity contribution in [3.05, 3.63) is 59.5 Å². The number of fused-ring (bicyclic) bond motifs is 2. The van der Waals surface area contributed by atoms with Gasteiger partial charge in [0.2, 0.25) is 11.8 Å². The molecule has 1 aliphatic rings. The number of hydrogen-bond acceptors (Lipinski definition) is 6. The van der Waals surface area contributed by atoms with Crippen LogP contribution in [-0.4, -0.2) is 52.5 Å². The van der Waals surface area contributed by atoms with Crippen molar-refractivity contribution in [1.82, 2.24) is 15.2 Å². The Morgan fingerprint density at radius 1 is 1.36 bits per heavy atom. The summed E-state index contributed by atoms with van der Waals surface area (Å²) >= 11 is 0. The number of rotatable bonds is 5. The largest absolute Gasteiger partial charge is 0.465 e. The Hall–Kier alpha value is -4.34. The first-order valence-corrected chi connectivity index (χ1v) is 10.3. The molecule has 10 nitrogen and oxygen atoms in total. The number of carbonyl (C=O) groups excluding carboxylic acids is 2. The van der Waals surface area contributed by atoms with Crippen LogP contribution < -0.4 is 16.0 Å². The average molecular weight is 449 g/mol. The quantitative estimate of drug-likeness (QED) is 0.440. The van der Waals surface area contributed by atoms with E-state index in [9.17, 15) is 14.4 Å². The molecule has 2 aromatic heterocycles. The average Bonchev–Trinajstić information content (AvgIpc) is 3.01. The van der Waals surface area contributed by atoms with Crippen molar-refractivity contribution in [3.63, 3.8) is 0 Å². The number of hydrogen-bond donors (Lipinski definition) is 4. The molecule has 10 heteroatoms. The van der Waals surface area contributed by atoms with Crippen LogP contribution in [0.4, 0.5) is 16.3 Å². The molecule has 1 aromatic carbocycles. The third kappa shape index (κ3) is 4.79. The van der Waals surface area contributed by atoms with E-state index in [1.165, 1.54) is 12.3 Å². The molecular formula is C23H23N5O5. The minimum atomic E-state index is -1.29. The van der Waals surface area contributed by atoms with Gasteiger partial charge in [-0.2, -0.15) is 0 Å². The summed E-state index contributed by atoms with van der Waals surface area (Å²) in [5.74, 6) is 0.307. The van der Waals surface area contributed by atoms with Gasteiger partial charge < -0.3 is 30.4 Å². The highest BCUT2D eigenvalue weighted by Gasteiger charge is 2.25. The lowest BCUT2D eigenvalue weighted by Gasteiger charge is -2.14. The summed E-state index contributed by atoms with van der Waals surface area (Å²) in [4.78, 5) is 41.4. The summed E-state index contributed by atoms with van der Waals surface area (Å²) in [5, 5.41) is 17.6. The second-order valence-electron chi connectivity index (χ2n) is 7.71. The van der Waals surface area contributed by atoms with Gasteiger partial charge in [-0.1, -0.05) is 18.2 Å². The molecule has 3 aromatic rings. The van der Waals surface area contributed by atoms with Gasteiger partial charge in [0.15, 0.2) is 5.82 Å². The summed E-state index contributed by atoms with van der Waals surface area (Å²) in [5.41, 5.74) is 2.96. The van der Waals surface area contributed by atoms with E-state index in [2.05, 4.69) is 20.9 Å². The number of carbonyl (C=O) groups is 3. The lowest BCUT2D eigenvalue weighted by Crippen LogP contribution is -2.46. The zero-order valence-corrected chi connectivity index (χ0v) is 18.1. The lowest BCUT2D eigenvalue weighted by molar-refractivity contribution is -0.125. The van der Waals surface area contributed by atoms with E-state index in [0.717, 1.165) is 22.3 Å². The molecule has 3 heterocycles. The zero-order chi connectivity index (χ0) is 23.5. The number of benzene rings is 1. The third-order valence-electron chi connectivity index (χ3n) is 5.38. The third-order valence-corrected chi connectivity index (χ3v) is 5.38. The van der Waals surface area contributed by atoms with Crippen LogP contribution in [0.15, 0.2) is 47.0 Å². The number of anilines is 2. The first-order valence-electron chi connectivity index (χ1n) is 10.3. The smallest absolute Gasteiger partial charge is 0.405 e. The molecule has 0 bridgehead atoms. The van der Waals surface area contributed by atoms with Crippen LogP contribution in [0.3, 0.4) is 0 Å². The molecule has 0 spiro atoms. The standard InChI is InChI=1S/C23H23N5O5/c1-13-15-5-3-4-6-18(15)33-19(13)12-28(2)20(29)8-7-14-9-16-21(25-10-14)27-22(30)17(11-24-16)26-23(31)32/h3-10,17,24,26H,11-12H2,1-2H3,(H,31,32)(H,25,27,30). The van der Waals surface area contributed by atoms with Crippen LogP contribution in [0.2, 0.25) is 0 Å². The lowest BCUT2D eigenvalue weighted by atomic mass is 10.1. The van der Waals surface area contributed by atoms with Crippen molar-refractivity contribution in [2.45, 2.75) is 19.5 Å². The first kappa shape index (κ1) is 21.9. The predicted octanol–water partition coefficient (Wildman–Crippen LogP) is 2.81. The van der Waals surface area contributed by atoms with Gasteiger partial charge in [0.25, 0.3) is 0 Å². The Morgan fingerprint density at radius 3 is 2.91 bits per heavy atom. The molecule has 33 heavy (non-hydrogen) atoms. The Morgan fingerprint density at radius 2 is 2.15 bits per heavy atom. The number of aromatic nitrogens is 1. The number of likely N-dealkylation sites (N-methyl/N-ethyl adjacent to an activating group) is 1. The molecule has 0 saturated carbocycles. The molecule has 0 saturated heterocycles. The van der Waals surface area contributed by atoms with Gasteiger partial charge in [0.05, 0.1) is 12.2 Å². The minimum Gasteiger partial charge on any atom is -0.465 e. The minimum absolute atomic E-state index is 0.0680. The van der Waals surface area contributed by atoms with Gasteiger partial charge in [-0.3, -0.25) is 9.59 Å². The molecule has 4 N–H and O–H groups in total. The van der Waals surface area contributed by atoms with Crippen LogP contribution in [0.1, 0.15) is 16.9 Å². The molecule has 1 unspecified atom stereocenters. The van der Waals surface area contributed by atoms with Crippen molar-refractivity contribution in [3.8, 4) is 0 Å². The van der Waals surface area contributed by atoms with E-state index >= 15 is 0 Å². The zero-order valence-electron chi connectivity index (χ0n) is 18.1. The molecule has 0 fully saturated rings. The van der Waals surface area contributed by atoms with E-state index in [4.69, 9.17) is 9.52 Å². The molecule has 0 radical (unpaired) electrons. The SMILES string of the molecule is Cc1c(CN(C)C(=O)C=Cc2cnc3c(c2)NCC(NC(=O)O)C(=O)N3)oc2ccccc12. The molecule has 4 rings (SSSR count). The van der Waals surface area contributed by atoms with Crippen LogP contribution in [0.25, 0.3) is 17.0 Å². The number of nitrogens with one attached hydrogen (secondary N) is 3. The van der Waals surface area contributed by atoms with Crippen LogP contribution in [0, 0.1) is 6.92 Å². The highest BCUT2D eigenvalue weighted by Crippen LogP contribution is 2.26. The van der Waals surface area contributed by atoms with E-state index in [-0.39, 0.29) is 18.3 Å². The van der Waals surface area contributed by atoms with Gasteiger partial charge in [0, 0.05) is 36.8 Å². The Bertz CT molecular complexity index is 1270. The van der Waals surface area contributed by atoms with Crippen LogP contribution >= 0.6 is 0 Å². The Labute approximate surface area is 189 Å². The highest BCUT2D eigenvalue weighted by atomic mass is 16.4. The van der Waals surface area contributed by atoms with Crippen molar-refractivity contribution in [2.24, 2.45) is 0 Å². The maximum absolute atomic E-state index is 12.6. The van der Waals surface area contributed by atoms with Crippen LogP contribution in [0.5, 0.6) is 0 Å². The summed E-state index contributed by atoms with van der Waals surface area (Å²) in [7, 11) is 1.70. The predicted molar refractivity (Wildman–Crippen MR) is 123 cm³/mol. The van der Waals surface area contributed by atoms with Gasteiger partial charge in [-0.25, -0.2) is 9.78 Å². The number of amides is 3. The van der Waals surface area contributed by atoms with Crippen molar-refractivity contribution >= 4 is 46.5 Å². The molecule has 3 amide bonds. The van der Waals surface area contributed by atoms with Gasteiger partial charge in [-0.15, -0.1) is 0 Å². The molecule has 0 aliphatic carbocycles. The second-order valence-corrected chi connectivity index (χ2v) is 7.71. The van der Waals surface area contributed by atoms with Gasteiger partial charge >= 0.3 is 6.09 Å². The summed E-state index contributed by atoms with van der Waals surface area (Å²) in [6, 6.07) is 8.51. The van der Waals surface area contributed by atoms with Crippen LogP contribution in [-0.2, 0) is 16.1 Å². The number of pyridine rings is 1. The summed E-state index contributed by atoms with van der Waals surface area (Å²) in [6.07, 6.45) is 3.28. The monoisotopic (exact) mass is 449 g/mol. The topological polar surface area (TPSA) is 137 Å². The Kier molecular flexibility index (Phi) is 5.99. The van der Waals surface area contributed by atoms with Crippen molar-refractivity contribution in [1.29, 1.82) is 0 Å². The van der Waals surface area contributed by atoms with Crippen molar-refractivity contribution in [2.75, 3.05) is 24.2 Å². The fourth-order valence-corrected chi connectivity index (χ4v) is 3.54. The van der Waals surface area contributed by atoms with E-state index in [1.807, 2.05) is 31.2 Å².